The number of aromatic nitrogens is 1. The molecule has 0 fully saturated rings. The SMILES string of the molecule is CCC=C(Cl)CCc1ccc(C)nc1C. The van der Waals surface area contributed by atoms with Crippen molar-refractivity contribution >= 4 is 11.6 Å². The summed E-state index contributed by atoms with van der Waals surface area (Å²) in [6.45, 7) is 6.17. The van der Waals surface area contributed by atoms with Crippen LogP contribution in [0.25, 0.3) is 0 Å². The van der Waals surface area contributed by atoms with Crippen LogP contribution in [0.3, 0.4) is 0 Å². The van der Waals surface area contributed by atoms with Gasteiger partial charge in [0.2, 0.25) is 0 Å². The number of pyridine rings is 1. The van der Waals surface area contributed by atoms with Crippen molar-refractivity contribution in [2.75, 3.05) is 0 Å². The van der Waals surface area contributed by atoms with Gasteiger partial charge >= 0.3 is 0 Å². The Bertz CT molecular complexity index is 356. The first-order valence-electron chi connectivity index (χ1n) is 5.41. The van der Waals surface area contributed by atoms with E-state index in [1.165, 1.54) is 5.56 Å². The molecule has 0 bridgehead atoms. The van der Waals surface area contributed by atoms with E-state index in [0.717, 1.165) is 35.7 Å². The van der Waals surface area contributed by atoms with E-state index in [1.54, 1.807) is 0 Å². The van der Waals surface area contributed by atoms with E-state index in [0.29, 0.717) is 0 Å². The lowest BCUT2D eigenvalue weighted by Gasteiger charge is -2.05. The summed E-state index contributed by atoms with van der Waals surface area (Å²) in [6.07, 6.45) is 4.97. The molecule has 0 unspecified atom stereocenters. The third-order valence-electron chi connectivity index (χ3n) is 2.39. The van der Waals surface area contributed by atoms with E-state index >= 15 is 0 Å². The van der Waals surface area contributed by atoms with Crippen LogP contribution in [0.1, 0.15) is 36.7 Å². The van der Waals surface area contributed by atoms with Gasteiger partial charge in [0.25, 0.3) is 0 Å². The van der Waals surface area contributed by atoms with Crippen molar-refractivity contribution in [1.82, 2.24) is 4.98 Å². The van der Waals surface area contributed by atoms with Crippen LogP contribution in [0.5, 0.6) is 0 Å². The first-order chi connectivity index (χ1) is 7.13. The van der Waals surface area contributed by atoms with E-state index in [-0.39, 0.29) is 0 Å². The highest BCUT2D eigenvalue weighted by atomic mass is 35.5. The Labute approximate surface area is 97.2 Å². The van der Waals surface area contributed by atoms with Gasteiger partial charge in [-0.3, -0.25) is 4.98 Å². The molecule has 0 atom stereocenters. The van der Waals surface area contributed by atoms with Crippen LogP contribution in [0, 0.1) is 13.8 Å². The lowest BCUT2D eigenvalue weighted by molar-refractivity contribution is 0.935. The van der Waals surface area contributed by atoms with Crippen LogP contribution in [-0.4, -0.2) is 4.98 Å². The number of aryl methyl sites for hydroxylation is 3. The number of hydrogen-bond acceptors (Lipinski definition) is 1. The molecule has 0 aliphatic heterocycles. The second-order valence-electron chi connectivity index (χ2n) is 3.76. The molecule has 0 spiro atoms. The smallest absolute Gasteiger partial charge is 0.0407 e. The van der Waals surface area contributed by atoms with Crippen molar-refractivity contribution < 1.29 is 0 Å². The highest BCUT2D eigenvalue weighted by Gasteiger charge is 2.01. The molecule has 1 heterocycles. The van der Waals surface area contributed by atoms with Crippen molar-refractivity contribution in [2.24, 2.45) is 0 Å². The molecule has 1 aromatic heterocycles. The largest absolute Gasteiger partial charge is 0.258 e. The van der Waals surface area contributed by atoms with E-state index in [2.05, 4.69) is 37.0 Å². The van der Waals surface area contributed by atoms with Gasteiger partial charge in [0.05, 0.1) is 0 Å². The van der Waals surface area contributed by atoms with Gasteiger partial charge in [-0.1, -0.05) is 30.7 Å². The monoisotopic (exact) mass is 223 g/mol. The molecule has 0 aliphatic rings. The van der Waals surface area contributed by atoms with Gasteiger partial charge in [-0.05, 0) is 44.7 Å². The lowest BCUT2D eigenvalue weighted by atomic mass is 10.1. The Hall–Kier alpha value is -0.820. The maximum Gasteiger partial charge on any atom is 0.0407 e. The molecule has 0 aliphatic carbocycles. The average molecular weight is 224 g/mol. The van der Waals surface area contributed by atoms with Crippen LogP contribution in [0.15, 0.2) is 23.2 Å². The predicted octanol–water partition coefficient (Wildman–Crippen LogP) is 4.16. The van der Waals surface area contributed by atoms with Crippen molar-refractivity contribution in [3.63, 3.8) is 0 Å². The zero-order valence-electron chi connectivity index (χ0n) is 9.68. The predicted molar refractivity (Wildman–Crippen MR) is 66.3 cm³/mol. The van der Waals surface area contributed by atoms with Gasteiger partial charge in [-0.2, -0.15) is 0 Å². The average Bonchev–Trinajstić information content (AvgIpc) is 2.17. The summed E-state index contributed by atoms with van der Waals surface area (Å²) >= 11 is 6.06. The highest BCUT2D eigenvalue weighted by molar-refractivity contribution is 6.29. The molecule has 0 radical (unpaired) electrons. The van der Waals surface area contributed by atoms with Gasteiger partial charge in [0.1, 0.15) is 0 Å². The zero-order chi connectivity index (χ0) is 11.3. The first kappa shape index (κ1) is 12.3. The minimum Gasteiger partial charge on any atom is -0.258 e. The molecule has 1 nitrogen and oxygen atoms in total. The van der Waals surface area contributed by atoms with Crippen molar-refractivity contribution in [1.29, 1.82) is 0 Å². The Morgan fingerprint density at radius 2 is 2.13 bits per heavy atom. The molecule has 0 saturated carbocycles. The second kappa shape index (κ2) is 5.92. The fourth-order valence-corrected chi connectivity index (χ4v) is 1.81. The molecular formula is C13H18ClN. The summed E-state index contributed by atoms with van der Waals surface area (Å²) in [6, 6.07) is 4.20. The van der Waals surface area contributed by atoms with E-state index < -0.39 is 0 Å². The summed E-state index contributed by atoms with van der Waals surface area (Å²) in [4.78, 5) is 4.43. The molecular weight excluding hydrogens is 206 g/mol. The summed E-state index contributed by atoms with van der Waals surface area (Å²) in [5, 5.41) is 0.956. The Morgan fingerprint density at radius 3 is 2.73 bits per heavy atom. The summed E-state index contributed by atoms with van der Waals surface area (Å²) < 4.78 is 0. The molecule has 0 N–H and O–H groups in total. The first-order valence-corrected chi connectivity index (χ1v) is 5.79. The molecule has 82 valence electrons. The minimum absolute atomic E-state index is 0.918. The summed E-state index contributed by atoms with van der Waals surface area (Å²) in [5.41, 5.74) is 3.49. The minimum atomic E-state index is 0.918. The van der Waals surface area contributed by atoms with Crippen molar-refractivity contribution in [2.45, 2.75) is 40.0 Å². The molecule has 15 heavy (non-hydrogen) atoms. The number of halogens is 1. The van der Waals surface area contributed by atoms with Crippen LogP contribution >= 0.6 is 11.6 Å². The molecule has 1 aromatic rings. The Kier molecular flexibility index (Phi) is 4.83. The van der Waals surface area contributed by atoms with Gasteiger partial charge in [0, 0.05) is 16.4 Å². The normalized spacial score (nSPS) is 11.9. The van der Waals surface area contributed by atoms with Crippen molar-refractivity contribution in [3.05, 3.63) is 40.2 Å². The third-order valence-corrected chi connectivity index (χ3v) is 2.74. The second-order valence-corrected chi connectivity index (χ2v) is 4.24. The topological polar surface area (TPSA) is 12.9 Å². The fraction of sp³-hybridized carbons (Fsp3) is 0.462. The van der Waals surface area contributed by atoms with Crippen LogP contribution in [-0.2, 0) is 6.42 Å². The molecule has 0 saturated heterocycles. The van der Waals surface area contributed by atoms with E-state index in [1.807, 2.05) is 6.92 Å². The van der Waals surface area contributed by atoms with Gasteiger partial charge in [-0.15, -0.1) is 0 Å². The fourth-order valence-electron chi connectivity index (χ4n) is 1.56. The van der Waals surface area contributed by atoms with Crippen LogP contribution in [0.4, 0.5) is 0 Å². The van der Waals surface area contributed by atoms with Crippen molar-refractivity contribution in [3.8, 4) is 0 Å². The number of rotatable bonds is 4. The summed E-state index contributed by atoms with van der Waals surface area (Å²) in [7, 11) is 0. The van der Waals surface area contributed by atoms with E-state index in [4.69, 9.17) is 11.6 Å². The maximum absolute atomic E-state index is 6.06. The number of allylic oxidation sites excluding steroid dienone is 2. The Morgan fingerprint density at radius 1 is 1.40 bits per heavy atom. The molecule has 2 heteroatoms. The molecule has 0 amide bonds. The maximum atomic E-state index is 6.06. The Balaban J connectivity index is 2.62. The third kappa shape index (κ3) is 4.05. The summed E-state index contributed by atoms with van der Waals surface area (Å²) in [5.74, 6) is 0. The highest BCUT2D eigenvalue weighted by Crippen LogP contribution is 2.15. The number of hydrogen-bond donors (Lipinski definition) is 0. The van der Waals surface area contributed by atoms with Crippen LogP contribution in [0.2, 0.25) is 0 Å². The van der Waals surface area contributed by atoms with Crippen LogP contribution < -0.4 is 0 Å². The molecule has 1 rings (SSSR count). The van der Waals surface area contributed by atoms with Gasteiger partial charge < -0.3 is 0 Å². The van der Waals surface area contributed by atoms with E-state index in [9.17, 15) is 0 Å². The lowest BCUT2D eigenvalue weighted by Crippen LogP contribution is -1.94. The number of nitrogens with zero attached hydrogens (tertiary/aromatic N) is 1. The zero-order valence-corrected chi connectivity index (χ0v) is 10.4. The quantitative estimate of drug-likeness (QED) is 0.747. The van der Waals surface area contributed by atoms with Gasteiger partial charge in [0.15, 0.2) is 0 Å². The van der Waals surface area contributed by atoms with Gasteiger partial charge in [-0.25, -0.2) is 0 Å². The standard InChI is InChI=1S/C13H18ClN/c1-4-5-13(14)9-8-12-7-6-10(2)15-11(12)3/h5-7H,4,8-9H2,1-3H3. The molecule has 0 aromatic carbocycles.